The summed E-state index contributed by atoms with van der Waals surface area (Å²) in [6, 6.07) is 0. The number of esters is 1. The van der Waals surface area contributed by atoms with Gasteiger partial charge in [-0.05, 0) is 74.2 Å². The van der Waals surface area contributed by atoms with Crippen molar-refractivity contribution in [2.45, 2.75) is 78.7 Å². The van der Waals surface area contributed by atoms with Crippen molar-refractivity contribution in [3.63, 3.8) is 0 Å². The molecule has 7 atom stereocenters. The van der Waals surface area contributed by atoms with Gasteiger partial charge in [-0.1, -0.05) is 19.4 Å². The number of allylic oxidation sites excluding steroid dienone is 1. The van der Waals surface area contributed by atoms with Gasteiger partial charge in [0.2, 0.25) is 0 Å². The molecule has 0 saturated heterocycles. The molecule has 0 radical (unpaired) electrons. The number of rotatable bonds is 2. The Kier molecular flexibility index (Phi) is 4.40. The molecule has 0 aromatic rings. The van der Waals surface area contributed by atoms with Crippen molar-refractivity contribution in [1.29, 1.82) is 0 Å². The molecule has 0 aromatic carbocycles. The van der Waals surface area contributed by atoms with E-state index in [1.165, 1.54) is 12.5 Å². The first-order valence-electron chi connectivity index (χ1n) is 10.6. The van der Waals surface area contributed by atoms with Gasteiger partial charge in [-0.15, -0.1) is 0 Å². The van der Waals surface area contributed by atoms with E-state index in [0.717, 1.165) is 38.5 Å². The molecule has 3 saturated carbocycles. The fraction of sp³-hybridized carbons (Fsp3) is 0.783. The summed E-state index contributed by atoms with van der Waals surface area (Å²) in [5, 5.41) is 0. The van der Waals surface area contributed by atoms with Crippen molar-refractivity contribution in [1.82, 2.24) is 0 Å². The summed E-state index contributed by atoms with van der Waals surface area (Å²) in [5.41, 5.74) is 1.13. The van der Waals surface area contributed by atoms with Crippen LogP contribution in [-0.4, -0.2) is 23.6 Å². The van der Waals surface area contributed by atoms with Crippen LogP contribution >= 0.6 is 0 Å². The lowest BCUT2D eigenvalue weighted by Crippen LogP contribution is -2.57. The van der Waals surface area contributed by atoms with Gasteiger partial charge in [0.05, 0.1) is 0 Å². The van der Waals surface area contributed by atoms with Crippen LogP contribution in [0.1, 0.15) is 72.6 Å². The highest BCUT2D eigenvalue weighted by atomic mass is 16.5. The van der Waals surface area contributed by atoms with E-state index in [1.807, 2.05) is 6.08 Å². The molecule has 0 spiro atoms. The van der Waals surface area contributed by atoms with Crippen molar-refractivity contribution in [3.05, 3.63) is 11.6 Å². The number of hydrogen-bond donors (Lipinski definition) is 0. The van der Waals surface area contributed by atoms with Crippen LogP contribution in [0.5, 0.6) is 0 Å². The Morgan fingerprint density at radius 2 is 1.85 bits per heavy atom. The number of hydrogen-bond acceptors (Lipinski definition) is 4. The number of ether oxygens (including phenoxy) is 1. The summed E-state index contributed by atoms with van der Waals surface area (Å²) in [7, 11) is 0. The molecule has 3 fully saturated rings. The van der Waals surface area contributed by atoms with E-state index in [2.05, 4.69) is 13.8 Å². The largest absolute Gasteiger partial charge is 0.462 e. The molecule has 0 aliphatic heterocycles. The zero-order valence-electron chi connectivity index (χ0n) is 17.0. The van der Waals surface area contributed by atoms with Gasteiger partial charge in [0, 0.05) is 25.2 Å². The Labute approximate surface area is 162 Å². The Balaban J connectivity index is 1.77. The molecule has 0 heterocycles. The second kappa shape index (κ2) is 6.28. The first-order chi connectivity index (χ1) is 12.7. The Morgan fingerprint density at radius 3 is 2.52 bits per heavy atom. The predicted molar refractivity (Wildman–Crippen MR) is 102 cm³/mol. The molecule has 27 heavy (non-hydrogen) atoms. The van der Waals surface area contributed by atoms with Crippen molar-refractivity contribution in [2.75, 3.05) is 0 Å². The average Bonchev–Trinajstić information content (AvgIpc) is 2.91. The van der Waals surface area contributed by atoms with E-state index < -0.39 is 0 Å². The lowest BCUT2D eigenvalue weighted by molar-refractivity contribution is -0.176. The summed E-state index contributed by atoms with van der Waals surface area (Å²) < 4.78 is 5.94. The van der Waals surface area contributed by atoms with Crippen LogP contribution in [0.15, 0.2) is 11.6 Å². The molecule has 4 aliphatic carbocycles. The minimum absolute atomic E-state index is 0.0629. The van der Waals surface area contributed by atoms with E-state index in [-0.39, 0.29) is 46.3 Å². The van der Waals surface area contributed by atoms with Gasteiger partial charge in [0.25, 0.3) is 0 Å². The molecule has 4 nitrogen and oxygen atoms in total. The summed E-state index contributed by atoms with van der Waals surface area (Å²) in [5.74, 6) is 1.61. The van der Waals surface area contributed by atoms with Crippen LogP contribution in [0.2, 0.25) is 0 Å². The summed E-state index contributed by atoms with van der Waals surface area (Å²) in [4.78, 5) is 36.4. The van der Waals surface area contributed by atoms with Crippen molar-refractivity contribution in [3.8, 4) is 0 Å². The van der Waals surface area contributed by atoms with Gasteiger partial charge < -0.3 is 4.74 Å². The van der Waals surface area contributed by atoms with Crippen molar-refractivity contribution >= 4 is 17.5 Å². The topological polar surface area (TPSA) is 60.4 Å². The standard InChI is InChI=1S/C23H32O4/c1-13(24)18-7-8-19-17-6-5-15-11-16(26)9-10-22(15,3)21(17)20(27-14(2)25)12-23(18,19)4/h11,17-21H,5-10,12H2,1-4H3/t17?,18?,19?,20-,21?,22+,23-/m1/s1. The SMILES string of the molecule is CC(=O)O[C@@H]1C[C@]2(C)C(C(C)=O)CCC2C2CCC3=CC(=O)CC[C@]3(C)C21. The normalized spacial score (nSPS) is 46.0. The number of carbonyl (C=O) groups excluding carboxylic acids is 3. The third-order valence-corrected chi connectivity index (χ3v) is 8.68. The van der Waals surface area contributed by atoms with Crippen LogP contribution < -0.4 is 0 Å². The molecule has 0 aromatic heterocycles. The minimum Gasteiger partial charge on any atom is -0.462 e. The number of ketones is 2. The quantitative estimate of drug-likeness (QED) is 0.679. The molecule has 148 valence electrons. The minimum atomic E-state index is -0.232. The second-order valence-corrected chi connectivity index (χ2v) is 9.99. The van der Waals surface area contributed by atoms with E-state index in [1.54, 1.807) is 6.92 Å². The van der Waals surface area contributed by atoms with E-state index >= 15 is 0 Å². The fourth-order valence-corrected chi connectivity index (χ4v) is 7.64. The average molecular weight is 373 g/mol. The number of Topliss-reactive ketones (excluding diaryl/α,β-unsaturated/α-hetero) is 1. The highest BCUT2D eigenvalue weighted by Gasteiger charge is 2.63. The molecular formula is C23H32O4. The Hall–Kier alpha value is -1.45. The van der Waals surface area contributed by atoms with Gasteiger partial charge >= 0.3 is 5.97 Å². The number of carbonyl (C=O) groups is 3. The van der Waals surface area contributed by atoms with Gasteiger partial charge in [0.1, 0.15) is 11.9 Å². The highest BCUT2D eigenvalue weighted by Crippen LogP contribution is 2.67. The first-order valence-corrected chi connectivity index (χ1v) is 10.6. The summed E-state index contributed by atoms with van der Waals surface area (Å²) in [6.45, 7) is 7.77. The van der Waals surface area contributed by atoms with Crippen LogP contribution in [0.3, 0.4) is 0 Å². The Bertz CT molecular complexity index is 722. The van der Waals surface area contributed by atoms with Gasteiger partial charge in [-0.2, -0.15) is 0 Å². The van der Waals surface area contributed by atoms with Crippen molar-refractivity contribution in [2.24, 2.45) is 34.5 Å². The van der Waals surface area contributed by atoms with Gasteiger partial charge in [-0.3, -0.25) is 14.4 Å². The lowest BCUT2D eigenvalue weighted by atomic mass is 9.46. The van der Waals surface area contributed by atoms with Gasteiger partial charge in [-0.25, -0.2) is 0 Å². The molecule has 4 unspecified atom stereocenters. The fourth-order valence-electron chi connectivity index (χ4n) is 7.64. The maximum atomic E-state index is 12.4. The Morgan fingerprint density at radius 1 is 1.11 bits per heavy atom. The third kappa shape index (κ3) is 2.74. The van der Waals surface area contributed by atoms with Crippen molar-refractivity contribution < 1.29 is 19.1 Å². The van der Waals surface area contributed by atoms with Gasteiger partial charge in [0.15, 0.2) is 5.78 Å². The lowest BCUT2D eigenvalue weighted by Gasteiger charge is -2.60. The molecule has 0 N–H and O–H groups in total. The molecule has 4 aliphatic rings. The van der Waals surface area contributed by atoms with Crippen LogP contribution in [0.4, 0.5) is 0 Å². The molecule has 4 rings (SSSR count). The van der Waals surface area contributed by atoms with Crippen LogP contribution in [-0.2, 0) is 19.1 Å². The monoisotopic (exact) mass is 372 g/mol. The summed E-state index contributed by atoms with van der Waals surface area (Å²) >= 11 is 0. The maximum absolute atomic E-state index is 12.4. The zero-order chi connectivity index (χ0) is 19.6. The summed E-state index contributed by atoms with van der Waals surface area (Å²) in [6.07, 6.45) is 8.02. The second-order valence-electron chi connectivity index (χ2n) is 9.99. The highest BCUT2D eigenvalue weighted by molar-refractivity contribution is 5.91. The van der Waals surface area contributed by atoms with E-state index in [9.17, 15) is 14.4 Å². The first kappa shape index (κ1) is 18.9. The number of fused-ring (bicyclic) bond motifs is 5. The molecule has 4 heteroatoms. The zero-order valence-corrected chi connectivity index (χ0v) is 17.0. The maximum Gasteiger partial charge on any atom is 0.302 e. The molecule has 0 bridgehead atoms. The smallest absolute Gasteiger partial charge is 0.302 e. The molecule has 0 amide bonds. The predicted octanol–water partition coefficient (Wildman–Crippen LogP) is 4.27. The van der Waals surface area contributed by atoms with E-state index in [4.69, 9.17) is 4.74 Å². The van der Waals surface area contributed by atoms with E-state index in [0.29, 0.717) is 18.3 Å². The third-order valence-electron chi connectivity index (χ3n) is 8.68. The molecular weight excluding hydrogens is 340 g/mol. The van der Waals surface area contributed by atoms with Crippen LogP contribution in [0, 0.1) is 34.5 Å². The van der Waals surface area contributed by atoms with Crippen LogP contribution in [0.25, 0.3) is 0 Å².